The number of nitrogens with zero attached hydrogens (tertiary/aromatic N) is 1. The van der Waals surface area contributed by atoms with Gasteiger partial charge in [0.25, 0.3) is 10.0 Å². The van der Waals surface area contributed by atoms with Crippen molar-refractivity contribution in [2.24, 2.45) is 0 Å². The molecule has 3 rings (SSSR count). The third-order valence-electron chi connectivity index (χ3n) is 5.00. The zero-order valence-electron chi connectivity index (χ0n) is 19.4. The van der Waals surface area contributed by atoms with E-state index < -0.39 is 22.5 Å². The molecule has 0 aromatic heterocycles. The fourth-order valence-corrected chi connectivity index (χ4v) is 5.96. The minimum absolute atomic E-state index is 0.00547. The molecular weight excluding hydrogens is 546 g/mol. The van der Waals surface area contributed by atoms with Gasteiger partial charge in [0.2, 0.25) is 5.91 Å². The van der Waals surface area contributed by atoms with Crippen LogP contribution >= 0.6 is 35.0 Å². The van der Waals surface area contributed by atoms with Crippen molar-refractivity contribution < 1.29 is 22.3 Å². The van der Waals surface area contributed by atoms with Gasteiger partial charge in [-0.2, -0.15) is 11.8 Å². The zero-order valence-corrected chi connectivity index (χ0v) is 22.6. The topological polar surface area (TPSA) is 75.7 Å². The molecule has 1 amide bonds. The van der Waals surface area contributed by atoms with Crippen molar-refractivity contribution in [3.05, 3.63) is 88.2 Å². The van der Waals surface area contributed by atoms with Crippen LogP contribution in [0.1, 0.15) is 12.5 Å². The number of carbonyl (C=O) groups is 1. The molecule has 36 heavy (non-hydrogen) atoms. The second-order valence-corrected chi connectivity index (χ2v) is 11.3. The summed E-state index contributed by atoms with van der Waals surface area (Å²) in [5, 5.41) is 3.47. The summed E-state index contributed by atoms with van der Waals surface area (Å²) in [5.41, 5.74) is 0.721. The van der Waals surface area contributed by atoms with E-state index in [4.69, 9.17) is 27.9 Å². The molecule has 6 nitrogen and oxygen atoms in total. The number of benzene rings is 3. The van der Waals surface area contributed by atoms with Gasteiger partial charge in [-0.3, -0.25) is 9.10 Å². The Kier molecular flexibility index (Phi) is 10.3. The summed E-state index contributed by atoms with van der Waals surface area (Å²) in [6.45, 7) is 2.16. The minimum atomic E-state index is -4.06. The van der Waals surface area contributed by atoms with E-state index in [1.807, 2.05) is 6.92 Å². The van der Waals surface area contributed by atoms with Gasteiger partial charge in [-0.25, -0.2) is 12.8 Å². The molecule has 0 unspecified atom stereocenters. The number of sulfonamides is 1. The molecule has 0 saturated heterocycles. The summed E-state index contributed by atoms with van der Waals surface area (Å²) in [7, 11) is -4.06. The number of anilines is 1. The zero-order chi connectivity index (χ0) is 26.1. The number of hydrogen-bond acceptors (Lipinski definition) is 5. The van der Waals surface area contributed by atoms with E-state index in [2.05, 4.69) is 5.32 Å². The number of halogens is 3. The van der Waals surface area contributed by atoms with Gasteiger partial charge in [-0.05, 0) is 67.6 Å². The maximum absolute atomic E-state index is 13.9. The van der Waals surface area contributed by atoms with Crippen LogP contribution < -0.4 is 14.4 Å². The molecule has 3 aromatic rings. The molecule has 0 bridgehead atoms. The highest BCUT2D eigenvalue weighted by molar-refractivity contribution is 7.98. The quantitative estimate of drug-likeness (QED) is 0.279. The first-order valence-electron chi connectivity index (χ1n) is 11.0. The molecule has 0 aliphatic heterocycles. The van der Waals surface area contributed by atoms with Gasteiger partial charge in [0.15, 0.2) is 0 Å². The molecule has 1 N–H and O–H groups in total. The van der Waals surface area contributed by atoms with E-state index in [-0.39, 0.29) is 17.3 Å². The lowest BCUT2D eigenvalue weighted by Gasteiger charge is -2.24. The summed E-state index contributed by atoms with van der Waals surface area (Å²) in [4.78, 5) is 12.7. The second kappa shape index (κ2) is 13.2. The van der Waals surface area contributed by atoms with Crippen molar-refractivity contribution in [1.29, 1.82) is 0 Å². The normalized spacial score (nSPS) is 11.2. The standard InChI is InChI=1S/C25H25Cl2FN2O4S2/c1-2-34-20-10-8-19(9-11-20)30(36(32,33)21-12-6-18(26)7-13-21)16-25(31)29-14-15-35-17-22-23(27)4-3-5-24(22)28/h3-13H,2,14-17H2,1H3,(H,29,31). The lowest BCUT2D eigenvalue weighted by atomic mass is 10.2. The SMILES string of the molecule is CCOc1ccc(N(CC(=O)NCCSCc2c(F)cccc2Cl)S(=O)(=O)c2ccc(Cl)cc2)cc1. The van der Waals surface area contributed by atoms with E-state index in [1.165, 1.54) is 42.1 Å². The van der Waals surface area contributed by atoms with Crippen LogP contribution in [0, 0.1) is 5.82 Å². The molecular formula is C25H25Cl2FN2O4S2. The number of carbonyl (C=O) groups excluding carboxylic acids is 1. The predicted molar refractivity (Wildman–Crippen MR) is 144 cm³/mol. The number of ether oxygens (including phenoxy) is 1. The smallest absolute Gasteiger partial charge is 0.264 e. The van der Waals surface area contributed by atoms with E-state index >= 15 is 0 Å². The number of nitrogens with one attached hydrogen (secondary N) is 1. The molecule has 0 fully saturated rings. The highest BCUT2D eigenvalue weighted by Crippen LogP contribution is 2.27. The monoisotopic (exact) mass is 570 g/mol. The lowest BCUT2D eigenvalue weighted by molar-refractivity contribution is -0.119. The average molecular weight is 572 g/mol. The molecule has 3 aromatic carbocycles. The third kappa shape index (κ3) is 7.52. The van der Waals surface area contributed by atoms with Crippen molar-refractivity contribution in [1.82, 2.24) is 5.32 Å². The number of amides is 1. The first-order valence-corrected chi connectivity index (χ1v) is 14.4. The Balaban J connectivity index is 1.67. The van der Waals surface area contributed by atoms with Crippen molar-refractivity contribution in [3.8, 4) is 5.75 Å². The van der Waals surface area contributed by atoms with Crippen molar-refractivity contribution in [2.75, 3.05) is 29.8 Å². The van der Waals surface area contributed by atoms with Crippen molar-refractivity contribution >= 4 is 56.6 Å². The minimum Gasteiger partial charge on any atom is -0.494 e. The van der Waals surface area contributed by atoms with E-state index in [0.717, 1.165) is 4.31 Å². The van der Waals surface area contributed by atoms with Crippen molar-refractivity contribution in [2.45, 2.75) is 17.6 Å². The first kappa shape index (κ1) is 28.1. The van der Waals surface area contributed by atoms with Gasteiger partial charge in [0.1, 0.15) is 18.1 Å². The molecule has 0 aliphatic carbocycles. The molecule has 0 spiro atoms. The van der Waals surface area contributed by atoms with Gasteiger partial charge < -0.3 is 10.1 Å². The Morgan fingerprint density at radius 3 is 2.39 bits per heavy atom. The van der Waals surface area contributed by atoms with Crippen molar-refractivity contribution in [3.63, 3.8) is 0 Å². The van der Waals surface area contributed by atoms with Gasteiger partial charge in [0, 0.05) is 33.7 Å². The Morgan fingerprint density at radius 2 is 1.75 bits per heavy atom. The Bertz CT molecular complexity index is 1250. The fraction of sp³-hybridized carbons (Fsp3) is 0.240. The highest BCUT2D eigenvalue weighted by Gasteiger charge is 2.27. The summed E-state index contributed by atoms with van der Waals surface area (Å²) in [6.07, 6.45) is 0. The van der Waals surface area contributed by atoms with Crippen LogP contribution in [0.3, 0.4) is 0 Å². The first-order chi connectivity index (χ1) is 17.2. The second-order valence-electron chi connectivity index (χ2n) is 7.50. The molecule has 0 atom stereocenters. The number of rotatable bonds is 12. The molecule has 192 valence electrons. The van der Waals surface area contributed by atoms with Gasteiger partial charge in [-0.1, -0.05) is 29.3 Å². The van der Waals surface area contributed by atoms with Crippen LogP contribution in [0.4, 0.5) is 10.1 Å². The van der Waals surface area contributed by atoms with Gasteiger partial charge in [-0.15, -0.1) is 0 Å². The van der Waals surface area contributed by atoms with Crippen LogP contribution in [-0.2, 0) is 20.6 Å². The van der Waals surface area contributed by atoms with Crippen LogP contribution in [-0.4, -0.2) is 39.8 Å². The summed E-state index contributed by atoms with van der Waals surface area (Å²) < 4.78 is 47.2. The molecule has 0 heterocycles. The van der Waals surface area contributed by atoms with E-state index in [9.17, 15) is 17.6 Å². The fourth-order valence-electron chi connectivity index (χ4n) is 3.22. The maximum Gasteiger partial charge on any atom is 0.264 e. The Labute approximate surface area is 224 Å². The van der Waals surface area contributed by atoms with E-state index in [0.29, 0.717) is 45.2 Å². The Morgan fingerprint density at radius 1 is 1.06 bits per heavy atom. The van der Waals surface area contributed by atoms with Crippen LogP contribution in [0.2, 0.25) is 10.0 Å². The number of hydrogen-bond donors (Lipinski definition) is 1. The lowest BCUT2D eigenvalue weighted by Crippen LogP contribution is -2.41. The largest absolute Gasteiger partial charge is 0.494 e. The van der Waals surface area contributed by atoms with Gasteiger partial charge >= 0.3 is 0 Å². The molecule has 11 heteroatoms. The molecule has 0 saturated carbocycles. The number of thioether (sulfide) groups is 1. The van der Waals surface area contributed by atoms with Crippen LogP contribution in [0.5, 0.6) is 5.75 Å². The van der Waals surface area contributed by atoms with Crippen LogP contribution in [0.15, 0.2) is 71.6 Å². The van der Waals surface area contributed by atoms with E-state index in [1.54, 1.807) is 36.4 Å². The summed E-state index contributed by atoms with van der Waals surface area (Å²) in [6, 6.07) is 16.7. The maximum atomic E-state index is 13.9. The Hall–Kier alpha value is -2.46. The highest BCUT2D eigenvalue weighted by atomic mass is 35.5. The third-order valence-corrected chi connectivity index (χ3v) is 8.38. The predicted octanol–water partition coefficient (Wildman–Crippen LogP) is 5.78. The average Bonchev–Trinajstić information content (AvgIpc) is 2.85. The molecule has 0 radical (unpaired) electrons. The van der Waals surface area contributed by atoms with Crippen LogP contribution in [0.25, 0.3) is 0 Å². The summed E-state index contributed by atoms with van der Waals surface area (Å²) in [5.74, 6) is 0.568. The molecule has 0 aliphatic rings. The summed E-state index contributed by atoms with van der Waals surface area (Å²) >= 11 is 13.4. The van der Waals surface area contributed by atoms with Gasteiger partial charge in [0.05, 0.1) is 17.2 Å².